The second-order valence-electron chi connectivity index (χ2n) is 3.99. The molecule has 0 radical (unpaired) electrons. The topological polar surface area (TPSA) is 102 Å². The Kier molecular flexibility index (Phi) is 3.34. The number of hydrogen-bond donors (Lipinski definition) is 1. The quantitative estimate of drug-likeness (QED) is 0.871. The van der Waals surface area contributed by atoms with Crippen molar-refractivity contribution in [3.05, 3.63) is 42.0 Å². The third-order valence-electron chi connectivity index (χ3n) is 2.43. The lowest BCUT2D eigenvalue weighted by Gasteiger charge is -2.01. The second-order valence-corrected chi connectivity index (χ2v) is 6.00. The van der Waals surface area contributed by atoms with E-state index in [2.05, 4.69) is 10.1 Å². The molecule has 2 aromatic rings. The van der Waals surface area contributed by atoms with Gasteiger partial charge in [0.25, 0.3) is 0 Å². The third-order valence-corrected chi connectivity index (χ3v) is 3.50. The minimum Gasteiger partial charge on any atom is -0.478 e. The van der Waals surface area contributed by atoms with Gasteiger partial charge in [0, 0.05) is 18.6 Å². The SMILES string of the molecule is CS(=O)(=O)c1cnn(Cc2ccc(C(=O)O)cn2)c1. The van der Waals surface area contributed by atoms with E-state index < -0.39 is 15.8 Å². The van der Waals surface area contributed by atoms with Gasteiger partial charge in [0.05, 0.1) is 24.0 Å². The van der Waals surface area contributed by atoms with Crippen LogP contribution in [0.25, 0.3) is 0 Å². The Labute approximate surface area is 109 Å². The van der Waals surface area contributed by atoms with E-state index >= 15 is 0 Å². The number of sulfone groups is 1. The highest BCUT2D eigenvalue weighted by Gasteiger charge is 2.10. The maximum absolute atomic E-state index is 11.3. The predicted molar refractivity (Wildman–Crippen MR) is 65.6 cm³/mol. The van der Waals surface area contributed by atoms with Gasteiger partial charge in [0.2, 0.25) is 0 Å². The van der Waals surface area contributed by atoms with Gasteiger partial charge in [-0.25, -0.2) is 13.2 Å². The van der Waals surface area contributed by atoms with Crippen LogP contribution in [0.3, 0.4) is 0 Å². The Hall–Kier alpha value is -2.22. The molecule has 0 aliphatic carbocycles. The number of nitrogens with zero attached hydrogens (tertiary/aromatic N) is 3. The molecule has 7 nitrogen and oxygen atoms in total. The lowest BCUT2D eigenvalue weighted by atomic mass is 10.2. The molecular weight excluding hydrogens is 270 g/mol. The number of pyridine rings is 1. The van der Waals surface area contributed by atoms with E-state index in [9.17, 15) is 13.2 Å². The zero-order chi connectivity index (χ0) is 14.0. The number of carboxylic acids is 1. The third kappa shape index (κ3) is 3.16. The molecule has 2 heterocycles. The average molecular weight is 281 g/mol. The Morgan fingerprint density at radius 1 is 1.37 bits per heavy atom. The molecule has 0 aromatic carbocycles. The van der Waals surface area contributed by atoms with Crippen LogP contribution in [0.2, 0.25) is 0 Å². The largest absolute Gasteiger partial charge is 0.478 e. The first-order valence-corrected chi connectivity index (χ1v) is 7.16. The summed E-state index contributed by atoms with van der Waals surface area (Å²) in [5.41, 5.74) is 0.689. The standard InChI is InChI=1S/C11H11N3O4S/c1-19(17,18)10-5-13-14(7-10)6-9-3-2-8(4-12-9)11(15)16/h2-5,7H,6H2,1H3,(H,15,16). The summed E-state index contributed by atoms with van der Waals surface area (Å²) in [7, 11) is -3.27. The predicted octanol–water partition coefficient (Wildman–Crippen LogP) is 0.428. The van der Waals surface area contributed by atoms with E-state index in [0.717, 1.165) is 6.26 Å². The molecule has 8 heteroatoms. The van der Waals surface area contributed by atoms with E-state index in [0.29, 0.717) is 5.69 Å². The number of hydrogen-bond acceptors (Lipinski definition) is 5. The number of carboxylic acid groups (broad SMARTS) is 1. The van der Waals surface area contributed by atoms with E-state index in [1.54, 1.807) is 6.07 Å². The molecule has 0 saturated carbocycles. The van der Waals surface area contributed by atoms with Crippen LogP contribution in [-0.4, -0.2) is 40.5 Å². The summed E-state index contributed by atoms with van der Waals surface area (Å²) in [5.74, 6) is -1.04. The van der Waals surface area contributed by atoms with Gasteiger partial charge in [-0.05, 0) is 12.1 Å². The summed E-state index contributed by atoms with van der Waals surface area (Å²) in [6, 6.07) is 3.00. The van der Waals surface area contributed by atoms with Crippen LogP contribution in [-0.2, 0) is 16.4 Å². The van der Waals surface area contributed by atoms with Crippen molar-refractivity contribution in [3.8, 4) is 0 Å². The van der Waals surface area contributed by atoms with Gasteiger partial charge in [0.15, 0.2) is 9.84 Å². The Morgan fingerprint density at radius 2 is 2.11 bits per heavy atom. The van der Waals surface area contributed by atoms with Crippen molar-refractivity contribution < 1.29 is 18.3 Å². The van der Waals surface area contributed by atoms with Crippen molar-refractivity contribution in [3.63, 3.8) is 0 Å². The highest BCUT2D eigenvalue weighted by Crippen LogP contribution is 2.08. The van der Waals surface area contributed by atoms with E-state index in [-0.39, 0.29) is 17.0 Å². The molecular formula is C11H11N3O4S. The first-order chi connectivity index (χ1) is 8.86. The van der Waals surface area contributed by atoms with Crippen molar-refractivity contribution in [2.75, 3.05) is 6.26 Å². The summed E-state index contributed by atoms with van der Waals surface area (Å²) >= 11 is 0. The molecule has 2 rings (SSSR count). The van der Waals surface area contributed by atoms with Crippen molar-refractivity contribution in [2.45, 2.75) is 11.4 Å². The molecule has 0 atom stereocenters. The fraction of sp³-hybridized carbons (Fsp3) is 0.182. The first kappa shape index (κ1) is 13.2. The smallest absolute Gasteiger partial charge is 0.337 e. The Morgan fingerprint density at radius 3 is 2.58 bits per heavy atom. The van der Waals surface area contributed by atoms with Crippen LogP contribution in [0.4, 0.5) is 0 Å². The van der Waals surface area contributed by atoms with Gasteiger partial charge in [-0.1, -0.05) is 0 Å². The first-order valence-electron chi connectivity index (χ1n) is 5.27. The van der Waals surface area contributed by atoms with Crippen molar-refractivity contribution >= 4 is 15.8 Å². The van der Waals surface area contributed by atoms with E-state index in [4.69, 9.17) is 5.11 Å². The molecule has 0 spiro atoms. The molecule has 0 saturated heterocycles. The normalized spacial score (nSPS) is 11.4. The van der Waals surface area contributed by atoms with Crippen molar-refractivity contribution in [1.29, 1.82) is 0 Å². The fourth-order valence-electron chi connectivity index (χ4n) is 1.43. The molecule has 0 amide bonds. The second kappa shape index (κ2) is 4.81. The minimum absolute atomic E-state index is 0.0982. The number of aromatic carboxylic acids is 1. The van der Waals surface area contributed by atoms with Crippen LogP contribution >= 0.6 is 0 Å². The summed E-state index contributed by atoms with van der Waals surface area (Å²) in [4.78, 5) is 14.8. The van der Waals surface area contributed by atoms with Gasteiger partial charge in [0.1, 0.15) is 4.90 Å². The lowest BCUT2D eigenvalue weighted by molar-refractivity contribution is 0.0696. The minimum atomic E-state index is -3.27. The van der Waals surface area contributed by atoms with E-state index in [1.165, 1.54) is 29.3 Å². The molecule has 0 unspecified atom stereocenters. The molecule has 1 N–H and O–H groups in total. The molecule has 19 heavy (non-hydrogen) atoms. The van der Waals surface area contributed by atoms with Gasteiger partial charge in [-0.3, -0.25) is 9.67 Å². The lowest BCUT2D eigenvalue weighted by Crippen LogP contribution is -2.04. The molecule has 0 fully saturated rings. The van der Waals surface area contributed by atoms with Crippen molar-refractivity contribution in [2.24, 2.45) is 0 Å². The molecule has 100 valence electrons. The number of carbonyl (C=O) groups is 1. The van der Waals surface area contributed by atoms with Gasteiger partial charge >= 0.3 is 5.97 Å². The van der Waals surface area contributed by atoms with Crippen LogP contribution in [0.15, 0.2) is 35.6 Å². The summed E-state index contributed by atoms with van der Waals surface area (Å²) in [6.07, 6.45) is 5.02. The molecule has 2 aromatic heterocycles. The maximum Gasteiger partial charge on any atom is 0.337 e. The van der Waals surface area contributed by atoms with Crippen LogP contribution in [0, 0.1) is 0 Å². The highest BCUT2D eigenvalue weighted by atomic mass is 32.2. The Bertz CT molecular complexity index is 704. The van der Waals surface area contributed by atoms with Crippen LogP contribution < -0.4 is 0 Å². The van der Waals surface area contributed by atoms with Gasteiger partial charge < -0.3 is 5.11 Å². The van der Waals surface area contributed by atoms with Gasteiger partial charge in [-0.2, -0.15) is 5.10 Å². The zero-order valence-electron chi connectivity index (χ0n) is 10.0. The number of aromatic nitrogens is 3. The fourth-order valence-corrected chi connectivity index (χ4v) is 1.98. The highest BCUT2D eigenvalue weighted by molar-refractivity contribution is 7.90. The summed E-state index contributed by atoms with van der Waals surface area (Å²) in [5, 5.41) is 12.7. The van der Waals surface area contributed by atoms with Crippen LogP contribution in [0.1, 0.15) is 16.1 Å². The zero-order valence-corrected chi connectivity index (χ0v) is 10.8. The van der Waals surface area contributed by atoms with E-state index in [1.807, 2.05) is 0 Å². The summed E-state index contributed by atoms with van der Waals surface area (Å²) < 4.78 is 24.0. The molecule has 0 aliphatic rings. The average Bonchev–Trinajstić information content (AvgIpc) is 2.78. The monoisotopic (exact) mass is 281 g/mol. The molecule has 0 aliphatic heterocycles. The van der Waals surface area contributed by atoms with Crippen molar-refractivity contribution in [1.82, 2.24) is 14.8 Å². The van der Waals surface area contributed by atoms with Crippen LogP contribution in [0.5, 0.6) is 0 Å². The molecule has 0 bridgehead atoms. The number of rotatable bonds is 4. The Balaban J connectivity index is 2.17. The maximum atomic E-state index is 11.3. The van der Waals surface area contributed by atoms with Gasteiger partial charge in [-0.15, -0.1) is 0 Å². The summed E-state index contributed by atoms with van der Waals surface area (Å²) in [6.45, 7) is 0.273.